The van der Waals surface area contributed by atoms with Gasteiger partial charge in [0.15, 0.2) is 0 Å². The minimum atomic E-state index is -0.831. The van der Waals surface area contributed by atoms with Crippen LogP contribution in [0.1, 0.15) is 13.3 Å². The van der Waals surface area contributed by atoms with Crippen molar-refractivity contribution >= 4 is 27.4 Å². The molecule has 0 saturated carbocycles. The molecular formula is C11H16BrN3O2. The SMILES string of the molecule is CC1OCCC1(O)CNc1ncc(N)cc1Br. The number of halogens is 1. The normalized spacial score (nSPS) is 28.3. The number of anilines is 2. The summed E-state index contributed by atoms with van der Waals surface area (Å²) in [5, 5.41) is 13.4. The highest BCUT2D eigenvalue weighted by molar-refractivity contribution is 9.10. The van der Waals surface area contributed by atoms with Crippen LogP contribution in [0, 0.1) is 0 Å². The molecule has 0 bridgehead atoms. The van der Waals surface area contributed by atoms with Crippen LogP contribution >= 0.6 is 15.9 Å². The maximum atomic E-state index is 10.3. The summed E-state index contributed by atoms with van der Waals surface area (Å²) in [6.07, 6.45) is 2.04. The van der Waals surface area contributed by atoms with Crippen molar-refractivity contribution in [3.05, 3.63) is 16.7 Å². The molecule has 6 heteroatoms. The summed E-state index contributed by atoms with van der Waals surface area (Å²) in [6, 6.07) is 1.77. The van der Waals surface area contributed by atoms with E-state index in [2.05, 4.69) is 26.2 Å². The fourth-order valence-corrected chi connectivity index (χ4v) is 2.33. The molecule has 1 fully saturated rings. The van der Waals surface area contributed by atoms with Crippen LogP contribution in [0.2, 0.25) is 0 Å². The van der Waals surface area contributed by atoms with E-state index >= 15 is 0 Å². The summed E-state index contributed by atoms with van der Waals surface area (Å²) >= 11 is 3.37. The first-order valence-electron chi connectivity index (χ1n) is 5.50. The average Bonchev–Trinajstić information content (AvgIpc) is 2.59. The third-order valence-corrected chi connectivity index (χ3v) is 3.69. The van der Waals surface area contributed by atoms with Gasteiger partial charge in [-0.3, -0.25) is 0 Å². The fourth-order valence-electron chi connectivity index (χ4n) is 1.82. The second-order valence-corrected chi connectivity index (χ2v) is 5.17. The lowest BCUT2D eigenvalue weighted by Gasteiger charge is -2.26. The molecule has 1 aliphatic heterocycles. The van der Waals surface area contributed by atoms with Crippen LogP contribution in [-0.2, 0) is 4.74 Å². The first kappa shape index (κ1) is 12.6. The van der Waals surface area contributed by atoms with Crippen molar-refractivity contribution < 1.29 is 9.84 Å². The molecule has 0 amide bonds. The number of ether oxygens (including phenoxy) is 1. The van der Waals surface area contributed by atoms with E-state index in [1.165, 1.54) is 0 Å². The van der Waals surface area contributed by atoms with Gasteiger partial charge in [-0.05, 0) is 28.9 Å². The molecule has 94 valence electrons. The van der Waals surface area contributed by atoms with Crippen molar-refractivity contribution in [2.45, 2.75) is 25.0 Å². The highest BCUT2D eigenvalue weighted by Crippen LogP contribution is 2.27. The van der Waals surface area contributed by atoms with Crippen LogP contribution in [0.25, 0.3) is 0 Å². The van der Waals surface area contributed by atoms with Crippen molar-refractivity contribution in [3.8, 4) is 0 Å². The van der Waals surface area contributed by atoms with Gasteiger partial charge in [0, 0.05) is 19.6 Å². The number of hydrogen-bond acceptors (Lipinski definition) is 5. The van der Waals surface area contributed by atoms with E-state index in [1.807, 2.05) is 6.92 Å². The number of rotatable bonds is 3. The van der Waals surface area contributed by atoms with Crippen LogP contribution in [0.5, 0.6) is 0 Å². The van der Waals surface area contributed by atoms with Gasteiger partial charge in [0.2, 0.25) is 0 Å². The number of aromatic nitrogens is 1. The first-order chi connectivity index (χ1) is 8.01. The Morgan fingerprint density at radius 1 is 1.76 bits per heavy atom. The first-order valence-corrected chi connectivity index (χ1v) is 6.29. The smallest absolute Gasteiger partial charge is 0.140 e. The van der Waals surface area contributed by atoms with E-state index in [-0.39, 0.29) is 6.10 Å². The van der Waals surface area contributed by atoms with Crippen molar-refractivity contribution in [1.29, 1.82) is 0 Å². The molecule has 5 nitrogen and oxygen atoms in total. The van der Waals surface area contributed by atoms with Crippen LogP contribution < -0.4 is 11.1 Å². The van der Waals surface area contributed by atoms with Crippen LogP contribution in [-0.4, -0.2) is 34.9 Å². The van der Waals surface area contributed by atoms with Gasteiger partial charge < -0.3 is 20.9 Å². The molecule has 0 spiro atoms. The number of pyridine rings is 1. The van der Waals surface area contributed by atoms with E-state index in [0.717, 1.165) is 4.47 Å². The molecule has 2 unspecified atom stereocenters. The van der Waals surface area contributed by atoms with Gasteiger partial charge in [-0.25, -0.2) is 4.98 Å². The van der Waals surface area contributed by atoms with Crippen LogP contribution in [0.4, 0.5) is 11.5 Å². The van der Waals surface area contributed by atoms with Crippen molar-refractivity contribution in [1.82, 2.24) is 4.98 Å². The molecule has 1 saturated heterocycles. The van der Waals surface area contributed by atoms with Gasteiger partial charge in [-0.2, -0.15) is 0 Å². The maximum absolute atomic E-state index is 10.3. The topological polar surface area (TPSA) is 80.4 Å². The van der Waals surface area contributed by atoms with Gasteiger partial charge in [0.05, 0.1) is 22.5 Å². The molecule has 1 aromatic rings. The van der Waals surface area contributed by atoms with Gasteiger partial charge in [0.1, 0.15) is 11.4 Å². The molecule has 1 aromatic heterocycles. The van der Waals surface area contributed by atoms with Crippen molar-refractivity contribution in [2.75, 3.05) is 24.2 Å². The number of hydrogen-bond donors (Lipinski definition) is 3. The largest absolute Gasteiger partial charge is 0.397 e. The molecule has 1 aliphatic rings. The molecule has 2 heterocycles. The van der Waals surface area contributed by atoms with Gasteiger partial charge in [-0.1, -0.05) is 0 Å². The lowest BCUT2D eigenvalue weighted by molar-refractivity contribution is -0.0176. The van der Waals surface area contributed by atoms with E-state index in [9.17, 15) is 5.11 Å². The molecule has 2 atom stereocenters. The standard InChI is InChI=1S/C11H16BrN3O2/c1-7-11(16,2-3-17-7)6-15-10-9(12)4-8(13)5-14-10/h4-5,7,16H,2-3,6,13H2,1H3,(H,14,15). The zero-order valence-corrected chi connectivity index (χ0v) is 11.2. The number of nitrogens with zero attached hydrogens (tertiary/aromatic N) is 1. The number of nitrogens with one attached hydrogen (secondary N) is 1. The molecule has 2 rings (SSSR count). The predicted octanol–water partition coefficient (Wildman–Crippen LogP) is 1.38. The van der Waals surface area contributed by atoms with Gasteiger partial charge >= 0.3 is 0 Å². The summed E-state index contributed by atoms with van der Waals surface area (Å²) < 4.78 is 6.15. The summed E-state index contributed by atoms with van der Waals surface area (Å²) in [6.45, 7) is 2.87. The van der Waals surface area contributed by atoms with E-state index < -0.39 is 5.60 Å². The molecule has 0 aromatic carbocycles. The quantitative estimate of drug-likeness (QED) is 0.786. The van der Waals surface area contributed by atoms with Crippen molar-refractivity contribution in [2.24, 2.45) is 0 Å². The Morgan fingerprint density at radius 2 is 2.53 bits per heavy atom. The van der Waals surface area contributed by atoms with Gasteiger partial charge in [0.25, 0.3) is 0 Å². The Bertz CT molecular complexity index is 416. The zero-order valence-electron chi connectivity index (χ0n) is 9.61. The summed E-state index contributed by atoms with van der Waals surface area (Å²) in [5.74, 6) is 0.673. The average molecular weight is 302 g/mol. The van der Waals surface area contributed by atoms with Crippen LogP contribution in [0.3, 0.4) is 0 Å². The second-order valence-electron chi connectivity index (χ2n) is 4.32. The molecule has 0 aliphatic carbocycles. The highest BCUT2D eigenvalue weighted by atomic mass is 79.9. The zero-order chi connectivity index (χ0) is 12.5. The van der Waals surface area contributed by atoms with Crippen molar-refractivity contribution in [3.63, 3.8) is 0 Å². The lowest BCUT2D eigenvalue weighted by atomic mass is 9.97. The minimum absolute atomic E-state index is 0.164. The number of nitrogen functional groups attached to an aromatic ring is 1. The predicted molar refractivity (Wildman–Crippen MR) is 69.8 cm³/mol. The fraction of sp³-hybridized carbons (Fsp3) is 0.545. The second kappa shape index (κ2) is 4.80. The highest BCUT2D eigenvalue weighted by Gasteiger charge is 2.39. The molecular weight excluding hydrogens is 286 g/mol. The third kappa shape index (κ3) is 2.70. The number of nitrogens with two attached hydrogens (primary N) is 1. The molecule has 0 radical (unpaired) electrons. The Labute approximate surface area is 108 Å². The Kier molecular flexibility index (Phi) is 3.56. The summed E-state index contributed by atoms with van der Waals surface area (Å²) in [7, 11) is 0. The Morgan fingerprint density at radius 3 is 3.12 bits per heavy atom. The Balaban J connectivity index is 2.02. The minimum Gasteiger partial charge on any atom is -0.397 e. The molecule has 4 N–H and O–H groups in total. The summed E-state index contributed by atoms with van der Waals surface area (Å²) in [4.78, 5) is 4.16. The Hall–Kier alpha value is -0.850. The molecule has 17 heavy (non-hydrogen) atoms. The number of aliphatic hydroxyl groups is 1. The maximum Gasteiger partial charge on any atom is 0.140 e. The summed E-state index contributed by atoms with van der Waals surface area (Å²) in [5.41, 5.74) is 5.37. The monoisotopic (exact) mass is 301 g/mol. The van der Waals surface area contributed by atoms with Gasteiger partial charge in [-0.15, -0.1) is 0 Å². The lowest BCUT2D eigenvalue weighted by Crippen LogP contribution is -2.43. The van der Waals surface area contributed by atoms with E-state index in [4.69, 9.17) is 10.5 Å². The van der Waals surface area contributed by atoms with E-state index in [1.54, 1.807) is 12.3 Å². The van der Waals surface area contributed by atoms with E-state index in [0.29, 0.717) is 31.1 Å². The third-order valence-electron chi connectivity index (χ3n) is 3.08. The van der Waals surface area contributed by atoms with Crippen LogP contribution in [0.15, 0.2) is 16.7 Å².